The van der Waals surface area contributed by atoms with Crippen LogP contribution in [0.1, 0.15) is 12.8 Å². The van der Waals surface area contributed by atoms with Crippen LogP contribution in [0.2, 0.25) is 0 Å². The minimum atomic E-state index is -0.104. The lowest BCUT2D eigenvalue weighted by molar-refractivity contribution is -0.123. The zero-order valence-corrected chi connectivity index (χ0v) is 13.5. The van der Waals surface area contributed by atoms with E-state index in [-0.39, 0.29) is 29.1 Å². The fourth-order valence-corrected chi connectivity index (χ4v) is 5.47. The second-order valence-electron chi connectivity index (χ2n) is 6.71. The molecule has 1 aliphatic heterocycles. The third-order valence-corrected chi connectivity index (χ3v) is 6.59. The van der Waals surface area contributed by atoms with E-state index in [0.717, 1.165) is 9.26 Å². The number of hydrogen-bond acceptors (Lipinski definition) is 2. The molecule has 0 aromatic heterocycles. The lowest BCUT2D eigenvalue weighted by atomic mass is 9.85. The molecule has 3 nitrogen and oxygen atoms in total. The molecule has 1 spiro atoms. The summed E-state index contributed by atoms with van der Waals surface area (Å²) in [4.78, 5) is 27.2. The fraction of sp³-hybridized carbons (Fsp3) is 0.412. The van der Waals surface area contributed by atoms with Crippen molar-refractivity contribution >= 4 is 40.1 Å². The number of rotatable bonds is 1. The highest BCUT2D eigenvalue weighted by Gasteiger charge is 2.73. The molecular weight excluding hydrogens is 377 g/mol. The van der Waals surface area contributed by atoms with Gasteiger partial charge in [0, 0.05) is 3.57 Å². The minimum Gasteiger partial charge on any atom is -0.274 e. The van der Waals surface area contributed by atoms with Crippen molar-refractivity contribution in [2.24, 2.45) is 29.1 Å². The molecule has 0 unspecified atom stereocenters. The number of benzene rings is 1. The van der Waals surface area contributed by atoms with Crippen LogP contribution in [0.3, 0.4) is 0 Å². The Morgan fingerprint density at radius 2 is 1.67 bits per heavy atom. The molecule has 1 aromatic carbocycles. The first-order valence-electron chi connectivity index (χ1n) is 7.45. The van der Waals surface area contributed by atoms with Crippen LogP contribution in [0.15, 0.2) is 36.4 Å². The summed E-state index contributed by atoms with van der Waals surface area (Å²) in [6, 6.07) is 7.65. The Kier molecular flexibility index (Phi) is 2.22. The maximum Gasteiger partial charge on any atom is 0.238 e. The molecule has 0 N–H and O–H groups in total. The van der Waals surface area contributed by atoms with Gasteiger partial charge in [-0.05, 0) is 70.9 Å². The molecule has 5 rings (SSSR count). The molecule has 4 atom stereocenters. The van der Waals surface area contributed by atoms with E-state index in [2.05, 4.69) is 34.7 Å². The smallest absolute Gasteiger partial charge is 0.238 e. The largest absolute Gasteiger partial charge is 0.274 e. The van der Waals surface area contributed by atoms with Gasteiger partial charge in [0.15, 0.2) is 0 Å². The van der Waals surface area contributed by atoms with Crippen molar-refractivity contribution in [1.29, 1.82) is 0 Å². The normalized spacial score (nSPS) is 37.7. The van der Waals surface area contributed by atoms with E-state index < -0.39 is 0 Å². The number of fused-ring (bicyclic) bond motifs is 3. The minimum absolute atomic E-state index is 0.0233. The molecule has 3 fully saturated rings. The van der Waals surface area contributed by atoms with Gasteiger partial charge in [-0.3, -0.25) is 9.59 Å². The number of hydrogen-bond donors (Lipinski definition) is 0. The zero-order valence-electron chi connectivity index (χ0n) is 11.3. The van der Waals surface area contributed by atoms with Gasteiger partial charge in [-0.25, -0.2) is 4.90 Å². The molecule has 4 heteroatoms. The maximum absolute atomic E-state index is 12.9. The standard InChI is InChI=1S/C17H14INO2/c18-9-2-1-3-10(8-9)19-15(20)13-11-4-5-12(14(13)16(19)21)17(11)6-7-17/h1-5,8,11-14H,6-7H2/t11-,12-,13-,14+/m1/s1. The molecular formula is C17H14INO2. The summed E-state index contributed by atoms with van der Waals surface area (Å²) in [5.74, 6) is 0.444. The van der Waals surface area contributed by atoms with E-state index in [1.165, 1.54) is 17.7 Å². The van der Waals surface area contributed by atoms with E-state index >= 15 is 0 Å². The average Bonchev–Trinajstić information content (AvgIpc) is 3.05. The first-order chi connectivity index (χ1) is 10.1. The van der Waals surface area contributed by atoms with Crippen LogP contribution in [0.4, 0.5) is 5.69 Å². The van der Waals surface area contributed by atoms with Gasteiger partial charge in [-0.1, -0.05) is 18.2 Å². The van der Waals surface area contributed by atoms with E-state index in [9.17, 15) is 9.59 Å². The maximum atomic E-state index is 12.9. The predicted octanol–water partition coefficient (Wildman–Crippen LogP) is 2.99. The van der Waals surface area contributed by atoms with Gasteiger partial charge in [-0.15, -0.1) is 0 Å². The SMILES string of the molecule is O=C1[C@@H]2[C@H](C(=O)N1c1cccc(I)c1)[C@H]1C=C[C@H]2C12CC2. The number of anilines is 1. The van der Waals surface area contributed by atoms with E-state index in [0.29, 0.717) is 11.8 Å². The molecule has 3 aliphatic carbocycles. The van der Waals surface area contributed by atoms with Crippen LogP contribution < -0.4 is 4.90 Å². The summed E-state index contributed by atoms with van der Waals surface area (Å²) in [6.07, 6.45) is 6.79. The first kappa shape index (κ1) is 12.4. The van der Waals surface area contributed by atoms with E-state index in [4.69, 9.17) is 0 Å². The molecule has 4 aliphatic rings. The fourth-order valence-electron chi connectivity index (χ4n) is 4.95. The average molecular weight is 391 g/mol. The van der Waals surface area contributed by atoms with Crippen LogP contribution in [0, 0.1) is 32.7 Å². The van der Waals surface area contributed by atoms with Gasteiger partial charge in [-0.2, -0.15) is 0 Å². The van der Waals surface area contributed by atoms with Crippen molar-refractivity contribution in [1.82, 2.24) is 0 Å². The molecule has 1 heterocycles. The van der Waals surface area contributed by atoms with Crippen molar-refractivity contribution in [2.45, 2.75) is 12.8 Å². The Morgan fingerprint density at radius 3 is 2.19 bits per heavy atom. The van der Waals surface area contributed by atoms with Crippen LogP contribution in [0.25, 0.3) is 0 Å². The summed E-state index contributed by atoms with van der Waals surface area (Å²) in [5, 5.41) is 0. The summed E-state index contributed by atoms with van der Waals surface area (Å²) in [7, 11) is 0. The van der Waals surface area contributed by atoms with Gasteiger partial charge >= 0.3 is 0 Å². The molecule has 2 saturated carbocycles. The Labute approximate surface area is 136 Å². The number of allylic oxidation sites excluding steroid dienone is 2. The quantitative estimate of drug-likeness (QED) is 0.420. The third kappa shape index (κ3) is 1.35. The Morgan fingerprint density at radius 1 is 1.05 bits per heavy atom. The Bertz CT molecular complexity index is 687. The van der Waals surface area contributed by atoms with Gasteiger partial charge in [0.1, 0.15) is 0 Å². The molecule has 2 bridgehead atoms. The van der Waals surface area contributed by atoms with Crippen molar-refractivity contribution in [3.8, 4) is 0 Å². The summed E-state index contributed by atoms with van der Waals surface area (Å²) in [6.45, 7) is 0. The predicted molar refractivity (Wildman–Crippen MR) is 86.4 cm³/mol. The van der Waals surface area contributed by atoms with Gasteiger partial charge in [0.25, 0.3) is 0 Å². The summed E-state index contributed by atoms with van der Waals surface area (Å²) >= 11 is 2.21. The molecule has 1 saturated heterocycles. The van der Waals surface area contributed by atoms with E-state index in [1.54, 1.807) is 0 Å². The highest BCUT2D eigenvalue weighted by Crippen LogP contribution is 2.73. The Balaban J connectivity index is 1.59. The van der Waals surface area contributed by atoms with Crippen molar-refractivity contribution in [3.63, 3.8) is 0 Å². The second kappa shape index (κ2) is 3.77. The highest BCUT2D eigenvalue weighted by molar-refractivity contribution is 14.1. The molecule has 2 amide bonds. The molecule has 0 radical (unpaired) electrons. The highest BCUT2D eigenvalue weighted by atomic mass is 127. The molecule has 106 valence electrons. The monoisotopic (exact) mass is 391 g/mol. The summed E-state index contributed by atoms with van der Waals surface area (Å²) < 4.78 is 1.04. The van der Waals surface area contributed by atoms with Gasteiger partial charge < -0.3 is 0 Å². The number of halogens is 1. The zero-order chi connectivity index (χ0) is 14.4. The van der Waals surface area contributed by atoms with Crippen LogP contribution >= 0.6 is 22.6 Å². The van der Waals surface area contributed by atoms with Gasteiger partial charge in [0.05, 0.1) is 17.5 Å². The van der Waals surface area contributed by atoms with Crippen molar-refractivity contribution < 1.29 is 9.59 Å². The van der Waals surface area contributed by atoms with Crippen molar-refractivity contribution in [3.05, 3.63) is 40.0 Å². The third-order valence-electron chi connectivity index (χ3n) is 5.92. The number of nitrogens with zero attached hydrogens (tertiary/aromatic N) is 1. The first-order valence-corrected chi connectivity index (χ1v) is 8.53. The number of carbonyl (C=O) groups is 2. The topological polar surface area (TPSA) is 37.4 Å². The van der Waals surface area contributed by atoms with Crippen LogP contribution in [0.5, 0.6) is 0 Å². The molecule has 1 aromatic rings. The lowest BCUT2D eigenvalue weighted by Gasteiger charge is -2.21. The summed E-state index contributed by atoms with van der Waals surface area (Å²) in [5.41, 5.74) is 1.01. The lowest BCUT2D eigenvalue weighted by Crippen LogP contribution is -2.34. The van der Waals surface area contributed by atoms with Crippen LogP contribution in [-0.4, -0.2) is 11.8 Å². The number of imide groups is 1. The van der Waals surface area contributed by atoms with E-state index in [1.807, 2.05) is 24.3 Å². The van der Waals surface area contributed by atoms with Gasteiger partial charge in [0.2, 0.25) is 11.8 Å². The van der Waals surface area contributed by atoms with Crippen LogP contribution in [-0.2, 0) is 9.59 Å². The second-order valence-corrected chi connectivity index (χ2v) is 7.96. The number of amides is 2. The number of carbonyl (C=O) groups excluding carboxylic acids is 2. The Hall–Kier alpha value is -1.17. The molecule has 21 heavy (non-hydrogen) atoms. The van der Waals surface area contributed by atoms with Crippen molar-refractivity contribution in [2.75, 3.05) is 4.90 Å².